The summed E-state index contributed by atoms with van der Waals surface area (Å²) in [4.78, 5) is 12.2. The number of nitriles is 1. The number of benzene rings is 3. The van der Waals surface area contributed by atoms with Gasteiger partial charge >= 0.3 is 0 Å². The van der Waals surface area contributed by atoms with Crippen molar-refractivity contribution < 1.29 is 4.79 Å². The lowest BCUT2D eigenvalue weighted by Crippen LogP contribution is -2.29. The summed E-state index contributed by atoms with van der Waals surface area (Å²) in [5.74, 6) is 1.11. The Hall–Kier alpha value is -3.16. The van der Waals surface area contributed by atoms with Gasteiger partial charge < -0.3 is 10.6 Å². The molecule has 3 unspecified atom stereocenters. The Kier molecular flexibility index (Phi) is 7.75. The Morgan fingerprint density at radius 3 is 2.67 bits per heavy atom. The van der Waals surface area contributed by atoms with Crippen molar-refractivity contribution in [2.45, 2.75) is 51.0 Å². The smallest absolute Gasteiger partial charge is 0.251 e. The van der Waals surface area contributed by atoms with Crippen molar-refractivity contribution in [2.75, 3.05) is 13.1 Å². The van der Waals surface area contributed by atoms with E-state index in [1.807, 2.05) is 18.2 Å². The second-order valence-corrected chi connectivity index (χ2v) is 9.21. The number of nitrogens with zero attached hydrogens (tertiary/aromatic N) is 1. The monoisotopic (exact) mass is 439 g/mol. The second kappa shape index (κ2) is 11.1. The van der Waals surface area contributed by atoms with Crippen LogP contribution in [0.2, 0.25) is 0 Å². The molecule has 0 spiro atoms. The van der Waals surface area contributed by atoms with Crippen molar-refractivity contribution in [1.29, 1.82) is 5.26 Å². The van der Waals surface area contributed by atoms with Crippen LogP contribution in [0.5, 0.6) is 0 Å². The number of carbonyl (C=O) groups excluding carboxylic acids is 1. The first-order valence-electron chi connectivity index (χ1n) is 12.1. The van der Waals surface area contributed by atoms with Gasteiger partial charge in [-0.05, 0) is 78.6 Å². The molecule has 3 aromatic rings. The zero-order chi connectivity index (χ0) is 23.0. The zero-order valence-corrected chi connectivity index (χ0v) is 19.4. The molecule has 0 heterocycles. The third-order valence-corrected chi connectivity index (χ3v) is 6.95. The fourth-order valence-corrected chi connectivity index (χ4v) is 5.10. The average molecular weight is 440 g/mol. The number of nitrogens with one attached hydrogen (secondary N) is 2. The van der Waals surface area contributed by atoms with E-state index in [0.717, 1.165) is 6.54 Å². The fourth-order valence-electron chi connectivity index (χ4n) is 5.10. The van der Waals surface area contributed by atoms with E-state index < -0.39 is 0 Å². The highest BCUT2D eigenvalue weighted by Gasteiger charge is 2.24. The van der Waals surface area contributed by atoms with Crippen molar-refractivity contribution in [2.24, 2.45) is 5.92 Å². The molecule has 0 radical (unpaired) electrons. The molecule has 3 atom stereocenters. The zero-order valence-electron chi connectivity index (χ0n) is 19.4. The summed E-state index contributed by atoms with van der Waals surface area (Å²) in [6.45, 7) is 3.69. The van der Waals surface area contributed by atoms with E-state index in [0.29, 0.717) is 36.4 Å². The van der Waals surface area contributed by atoms with Gasteiger partial charge in [-0.25, -0.2) is 0 Å². The highest BCUT2D eigenvalue weighted by atomic mass is 16.1. The molecule has 1 aliphatic rings. The standard InChI is InChI=1S/C29H33N3O/c1-21(27-12-5-9-24-8-2-3-11-28(24)27)32-20-22-7-4-10-26(19-22)23-13-15-25(16-14-23)29(33)31-18-6-17-30/h2-3,5,8-9,11-16,21-22,26,32H,4,6-7,10,18-20H2,1H3,(H,31,33). The molecule has 4 nitrogen and oxygen atoms in total. The van der Waals surface area contributed by atoms with E-state index in [9.17, 15) is 4.79 Å². The number of fused-ring (bicyclic) bond motifs is 1. The largest absolute Gasteiger partial charge is 0.351 e. The van der Waals surface area contributed by atoms with Crippen LogP contribution in [-0.2, 0) is 0 Å². The van der Waals surface area contributed by atoms with Crippen LogP contribution in [0.4, 0.5) is 0 Å². The molecule has 0 bridgehead atoms. The van der Waals surface area contributed by atoms with E-state index in [1.165, 1.54) is 47.6 Å². The number of amides is 1. The van der Waals surface area contributed by atoms with Crippen LogP contribution in [0.15, 0.2) is 66.7 Å². The summed E-state index contributed by atoms with van der Waals surface area (Å²) >= 11 is 0. The van der Waals surface area contributed by atoms with Crippen molar-refractivity contribution in [3.05, 3.63) is 83.4 Å². The second-order valence-electron chi connectivity index (χ2n) is 9.21. The van der Waals surface area contributed by atoms with Crippen LogP contribution in [0.25, 0.3) is 10.8 Å². The maximum absolute atomic E-state index is 12.2. The van der Waals surface area contributed by atoms with Gasteiger partial charge in [0, 0.05) is 18.2 Å². The molecule has 170 valence electrons. The highest BCUT2D eigenvalue weighted by Crippen LogP contribution is 2.36. The van der Waals surface area contributed by atoms with Crippen LogP contribution in [0.1, 0.15) is 72.5 Å². The molecule has 0 saturated heterocycles. The Bertz CT molecular complexity index is 1110. The Labute approximate surface area is 197 Å². The van der Waals surface area contributed by atoms with E-state index in [2.05, 4.69) is 72.2 Å². The Balaban J connectivity index is 1.33. The van der Waals surface area contributed by atoms with Gasteiger partial charge in [-0.15, -0.1) is 0 Å². The van der Waals surface area contributed by atoms with E-state index in [4.69, 9.17) is 5.26 Å². The molecule has 3 aromatic carbocycles. The summed E-state index contributed by atoms with van der Waals surface area (Å²) in [6.07, 6.45) is 5.24. The predicted octanol–water partition coefficient (Wildman–Crippen LogP) is 6.11. The van der Waals surface area contributed by atoms with Crippen molar-refractivity contribution >= 4 is 16.7 Å². The molecule has 1 fully saturated rings. The molecule has 0 aliphatic heterocycles. The first-order valence-corrected chi connectivity index (χ1v) is 12.1. The number of hydrogen-bond acceptors (Lipinski definition) is 3. The van der Waals surface area contributed by atoms with E-state index >= 15 is 0 Å². The first kappa shape index (κ1) is 23.0. The molecule has 1 aliphatic carbocycles. The summed E-state index contributed by atoms with van der Waals surface area (Å²) in [5, 5.41) is 17.8. The van der Waals surface area contributed by atoms with Crippen molar-refractivity contribution in [3.63, 3.8) is 0 Å². The molecule has 33 heavy (non-hydrogen) atoms. The first-order chi connectivity index (χ1) is 16.2. The minimum absolute atomic E-state index is 0.107. The van der Waals surface area contributed by atoms with Gasteiger partial charge in [-0.2, -0.15) is 5.26 Å². The molecule has 1 saturated carbocycles. The number of rotatable bonds is 8. The van der Waals surface area contributed by atoms with Crippen LogP contribution >= 0.6 is 0 Å². The number of carbonyl (C=O) groups is 1. The van der Waals surface area contributed by atoms with Gasteiger partial charge in [0.25, 0.3) is 5.91 Å². The fraction of sp³-hybridized carbons (Fsp3) is 0.379. The topological polar surface area (TPSA) is 64.9 Å². The number of hydrogen-bond donors (Lipinski definition) is 2. The highest BCUT2D eigenvalue weighted by molar-refractivity contribution is 5.94. The summed E-state index contributed by atoms with van der Waals surface area (Å²) in [6, 6.07) is 25.6. The molecular formula is C29H33N3O. The SMILES string of the molecule is CC(NCC1CCCC(c2ccc(C(=O)NCCC#N)cc2)C1)c1cccc2ccccc12. The third-order valence-electron chi connectivity index (χ3n) is 6.95. The van der Waals surface area contributed by atoms with Crippen LogP contribution < -0.4 is 10.6 Å². The van der Waals surface area contributed by atoms with E-state index in [1.54, 1.807) is 0 Å². The summed E-state index contributed by atoms with van der Waals surface area (Å²) < 4.78 is 0. The molecule has 1 amide bonds. The van der Waals surface area contributed by atoms with Gasteiger partial charge in [0.2, 0.25) is 0 Å². The maximum atomic E-state index is 12.2. The third kappa shape index (κ3) is 5.80. The van der Waals surface area contributed by atoms with Gasteiger partial charge in [0.15, 0.2) is 0 Å². The summed E-state index contributed by atoms with van der Waals surface area (Å²) in [7, 11) is 0. The van der Waals surface area contributed by atoms with Crippen molar-refractivity contribution in [3.8, 4) is 6.07 Å². The average Bonchev–Trinajstić information content (AvgIpc) is 2.87. The lowest BCUT2D eigenvalue weighted by Gasteiger charge is -2.31. The normalized spacial score (nSPS) is 19.0. The van der Waals surface area contributed by atoms with Crippen molar-refractivity contribution in [1.82, 2.24) is 10.6 Å². The minimum Gasteiger partial charge on any atom is -0.351 e. The summed E-state index contributed by atoms with van der Waals surface area (Å²) in [5.41, 5.74) is 3.36. The van der Waals surface area contributed by atoms with Gasteiger partial charge in [0.1, 0.15) is 0 Å². The van der Waals surface area contributed by atoms with Crippen LogP contribution in [0, 0.1) is 17.2 Å². The predicted molar refractivity (Wildman–Crippen MR) is 134 cm³/mol. The lowest BCUT2D eigenvalue weighted by atomic mass is 9.77. The minimum atomic E-state index is -0.107. The maximum Gasteiger partial charge on any atom is 0.251 e. The molecule has 4 heteroatoms. The van der Waals surface area contributed by atoms with Crippen LogP contribution in [0.3, 0.4) is 0 Å². The molecular weight excluding hydrogens is 406 g/mol. The Morgan fingerprint density at radius 1 is 1.06 bits per heavy atom. The Morgan fingerprint density at radius 2 is 1.85 bits per heavy atom. The van der Waals surface area contributed by atoms with Gasteiger partial charge in [-0.3, -0.25) is 4.79 Å². The molecule has 2 N–H and O–H groups in total. The van der Waals surface area contributed by atoms with Gasteiger partial charge in [-0.1, -0.05) is 61.0 Å². The van der Waals surface area contributed by atoms with E-state index in [-0.39, 0.29) is 5.91 Å². The lowest BCUT2D eigenvalue weighted by molar-refractivity contribution is 0.0954. The van der Waals surface area contributed by atoms with Crippen LogP contribution in [-0.4, -0.2) is 19.0 Å². The molecule has 4 rings (SSSR count). The quantitative estimate of drug-likeness (QED) is 0.416. The van der Waals surface area contributed by atoms with Gasteiger partial charge in [0.05, 0.1) is 12.5 Å². The molecule has 0 aromatic heterocycles.